The summed E-state index contributed by atoms with van der Waals surface area (Å²) in [6.45, 7) is 4.10. The smallest absolute Gasteiger partial charge is 0.184 e. The zero-order valence-corrected chi connectivity index (χ0v) is 33.0. The average molecular weight is 789 g/mol. The molecular formula is C50H37ClN6O2. The molecule has 59 heavy (non-hydrogen) atoms. The number of nitrogens with two attached hydrogens (primary N) is 1. The minimum atomic E-state index is 0.199. The van der Waals surface area contributed by atoms with E-state index in [9.17, 15) is 5.26 Å². The quantitative estimate of drug-likeness (QED) is 0.147. The standard InChI is InChI=1S/C25H17ClN2O.C25H20N4O/c1-17-7-9-19(10-8-17)24-15-22(23(16-27)25(26)28-24)18-11-13-21(14-12-18)29-20-5-3-2-4-6-20;1-16-7-9-18(10-8-16)22-15-21(23-24(26)28-29-25(23)27-22)17-11-13-20(14-12-17)30-19-5-3-2-4-6-19/h2-15H,1H3;2-15H,1H3,(H3,26,27,28,29). The van der Waals surface area contributed by atoms with Gasteiger partial charge in [-0.3, -0.25) is 5.10 Å². The number of nitrogens with zero attached hydrogens (tertiary/aromatic N) is 4. The van der Waals surface area contributed by atoms with Crippen molar-refractivity contribution in [1.29, 1.82) is 5.26 Å². The van der Waals surface area contributed by atoms with Crippen molar-refractivity contribution in [3.63, 3.8) is 0 Å². The van der Waals surface area contributed by atoms with E-state index in [1.54, 1.807) is 0 Å². The largest absolute Gasteiger partial charge is 0.457 e. The van der Waals surface area contributed by atoms with E-state index < -0.39 is 0 Å². The highest BCUT2D eigenvalue weighted by molar-refractivity contribution is 6.31. The van der Waals surface area contributed by atoms with Crippen LogP contribution in [-0.2, 0) is 0 Å². The number of ether oxygens (including phenoxy) is 2. The molecular weight excluding hydrogens is 752 g/mol. The number of aryl methyl sites for hydroxylation is 2. The van der Waals surface area contributed by atoms with Crippen LogP contribution in [0.4, 0.5) is 5.82 Å². The first-order valence-electron chi connectivity index (χ1n) is 18.9. The number of hydrogen-bond donors (Lipinski definition) is 2. The van der Waals surface area contributed by atoms with E-state index in [1.165, 1.54) is 11.1 Å². The maximum Gasteiger partial charge on any atom is 0.184 e. The first-order valence-corrected chi connectivity index (χ1v) is 19.2. The Morgan fingerprint density at radius 2 is 0.966 bits per heavy atom. The van der Waals surface area contributed by atoms with Crippen LogP contribution < -0.4 is 15.2 Å². The Hall–Kier alpha value is -7.73. The van der Waals surface area contributed by atoms with Crippen molar-refractivity contribution in [1.82, 2.24) is 20.2 Å². The number of hydrogen-bond acceptors (Lipinski definition) is 7. The number of nitriles is 1. The number of aromatic nitrogens is 4. The van der Waals surface area contributed by atoms with Crippen LogP contribution in [0.1, 0.15) is 16.7 Å². The topological polar surface area (TPSA) is 123 Å². The van der Waals surface area contributed by atoms with Crippen LogP contribution in [0.5, 0.6) is 23.0 Å². The molecule has 3 heterocycles. The van der Waals surface area contributed by atoms with Crippen LogP contribution in [0.3, 0.4) is 0 Å². The molecule has 8 nitrogen and oxygen atoms in total. The second-order valence-corrected chi connectivity index (χ2v) is 14.2. The number of halogens is 1. The average Bonchev–Trinajstić information content (AvgIpc) is 3.65. The molecule has 0 spiro atoms. The van der Waals surface area contributed by atoms with E-state index in [0.717, 1.165) is 73.2 Å². The van der Waals surface area contributed by atoms with Crippen LogP contribution in [0.2, 0.25) is 5.15 Å². The Morgan fingerprint density at radius 3 is 1.46 bits per heavy atom. The number of fused-ring (bicyclic) bond motifs is 1. The summed E-state index contributed by atoms with van der Waals surface area (Å²) >= 11 is 6.35. The third-order valence-corrected chi connectivity index (χ3v) is 9.90. The lowest BCUT2D eigenvalue weighted by Gasteiger charge is -2.11. The molecule has 9 rings (SSSR count). The molecule has 9 aromatic rings. The maximum absolute atomic E-state index is 9.61. The molecule has 0 atom stereocenters. The van der Waals surface area contributed by atoms with E-state index in [2.05, 4.69) is 58.5 Å². The van der Waals surface area contributed by atoms with Gasteiger partial charge in [-0.2, -0.15) is 10.4 Å². The van der Waals surface area contributed by atoms with Gasteiger partial charge in [0.1, 0.15) is 40.0 Å². The van der Waals surface area contributed by atoms with Crippen molar-refractivity contribution in [3.8, 4) is 73.8 Å². The summed E-state index contributed by atoms with van der Waals surface area (Å²) in [5.74, 6) is 3.57. The van der Waals surface area contributed by atoms with E-state index in [0.29, 0.717) is 17.0 Å². The summed E-state index contributed by atoms with van der Waals surface area (Å²) in [6, 6.07) is 57.4. The Bertz CT molecular complexity index is 2890. The monoisotopic (exact) mass is 788 g/mol. The number of aromatic amines is 1. The predicted octanol–water partition coefficient (Wildman–Crippen LogP) is 13.0. The van der Waals surface area contributed by atoms with Crippen molar-refractivity contribution in [2.45, 2.75) is 13.8 Å². The van der Waals surface area contributed by atoms with Crippen LogP contribution in [0, 0.1) is 25.2 Å². The maximum atomic E-state index is 9.61. The van der Waals surface area contributed by atoms with Crippen molar-refractivity contribution >= 4 is 28.5 Å². The number of pyridine rings is 2. The zero-order chi connectivity index (χ0) is 40.7. The fourth-order valence-corrected chi connectivity index (χ4v) is 6.76. The molecule has 0 unspecified atom stereocenters. The van der Waals surface area contributed by atoms with Gasteiger partial charge in [0.05, 0.1) is 22.3 Å². The van der Waals surface area contributed by atoms with Crippen molar-refractivity contribution in [2.24, 2.45) is 0 Å². The van der Waals surface area contributed by atoms with Crippen molar-refractivity contribution in [2.75, 3.05) is 5.73 Å². The van der Waals surface area contributed by atoms with Crippen LogP contribution in [-0.4, -0.2) is 20.2 Å². The lowest BCUT2D eigenvalue weighted by atomic mass is 9.99. The molecule has 6 aromatic carbocycles. The van der Waals surface area contributed by atoms with Gasteiger partial charge in [-0.15, -0.1) is 0 Å². The highest BCUT2D eigenvalue weighted by Crippen LogP contribution is 2.36. The molecule has 0 bridgehead atoms. The summed E-state index contributed by atoms with van der Waals surface area (Å²) in [5, 5.41) is 17.8. The minimum Gasteiger partial charge on any atom is -0.457 e. The van der Waals surface area contributed by atoms with E-state index in [1.807, 2.05) is 146 Å². The van der Waals surface area contributed by atoms with E-state index in [-0.39, 0.29) is 5.15 Å². The fourth-order valence-electron chi connectivity index (χ4n) is 6.52. The summed E-state index contributed by atoms with van der Waals surface area (Å²) in [6.07, 6.45) is 0. The van der Waals surface area contributed by atoms with Gasteiger partial charge in [-0.1, -0.05) is 132 Å². The number of nitrogens with one attached hydrogen (secondary N) is 1. The summed E-state index contributed by atoms with van der Waals surface area (Å²) in [5.41, 5.74) is 16.7. The third kappa shape index (κ3) is 8.82. The van der Waals surface area contributed by atoms with Gasteiger partial charge in [0, 0.05) is 16.7 Å². The molecule has 0 fully saturated rings. The number of H-pyrrole nitrogens is 1. The molecule has 0 amide bonds. The Kier molecular flexibility index (Phi) is 11.1. The van der Waals surface area contributed by atoms with E-state index >= 15 is 0 Å². The molecule has 0 radical (unpaired) electrons. The molecule has 0 saturated carbocycles. The predicted molar refractivity (Wildman–Crippen MR) is 237 cm³/mol. The molecule has 3 aromatic heterocycles. The van der Waals surface area contributed by atoms with Crippen LogP contribution in [0.15, 0.2) is 170 Å². The highest BCUT2D eigenvalue weighted by atomic mass is 35.5. The van der Waals surface area contributed by atoms with Crippen LogP contribution >= 0.6 is 11.6 Å². The van der Waals surface area contributed by atoms with Crippen LogP contribution in [0.25, 0.3) is 55.8 Å². The van der Waals surface area contributed by atoms with Gasteiger partial charge < -0.3 is 15.2 Å². The summed E-state index contributed by atoms with van der Waals surface area (Å²) < 4.78 is 11.8. The SMILES string of the molecule is Cc1ccc(-c2cc(-c3ccc(Oc4ccccc4)cc3)c(C#N)c(Cl)n2)cc1.Cc1ccc(-c2cc(-c3ccc(Oc4ccccc4)cc3)c3c(N)[nH]nc3n2)cc1. The Morgan fingerprint density at radius 1 is 0.542 bits per heavy atom. The third-order valence-electron chi connectivity index (χ3n) is 9.62. The fraction of sp³-hybridized carbons (Fsp3) is 0.0400. The normalized spacial score (nSPS) is 10.7. The molecule has 0 aliphatic carbocycles. The second kappa shape index (κ2) is 17.2. The minimum absolute atomic E-state index is 0.199. The number of anilines is 1. The molecule has 3 N–H and O–H groups in total. The molecule has 286 valence electrons. The second-order valence-electron chi connectivity index (χ2n) is 13.8. The molecule has 9 heteroatoms. The van der Waals surface area contributed by atoms with Gasteiger partial charge in [-0.05, 0) is 91.2 Å². The Labute approximate surface area is 347 Å². The van der Waals surface area contributed by atoms with Crippen molar-refractivity contribution in [3.05, 3.63) is 192 Å². The molecule has 0 aliphatic heterocycles. The summed E-state index contributed by atoms with van der Waals surface area (Å²) in [4.78, 5) is 9.13. The van der Waals surface area contributed by atoms with Crippen molar-refractivity contribution < 1.29 is 9.47 Å². The van der Waals surface area contributed by atoms with Gasteiger partial charge in [0.25, 0.3) is 0 Å². The first kappa shape index (κ1) is 38.2. The molecule has 0 saturated heterocycles. The number of para-hydroxylation sites is 2. The molecule has 0 aliphatic rings. The lowest BCUT2D eigenvalue weighted by Crippen LogP contribution is -1.93. The van der Waals surface area contributed by atoms with Gasteiger partial charge in [0.2, 0.25) is 0 Å². The van der Waals surface area contributed by atoms with Gasteiger partial charge in [0.15, 0.2) is 5.65 Å². The number of benzene rings is 6. The van der Waals surface area contributed by atoms with Gasteiger partial charge in [-0.25, -0.2) is 9.97 Å². The number of rotatable bonds is 8. The first-order chi connectivity index (χ1) is 28.8. The van der Waals surface area contributed by atoms with Gasteiger partial charge >= 0.3 is 0 Å². The summed E-state index contributed by atoms with van der Waals surface area (Å²) in [7, 11) is 0. The lowest BCUT2D eigenvalue weighted by molar-refractivity contribution is 0.482. The van der Waals surface area contributed by atoms with E-state index in [4.69, 9.17) is 31.8 Å². The zero-order valence-electron chi connectivity index (χ0n) is 32.2. The highest BCUT2D eigenvalue weighted by Gasteiger charge is 2.16. The Balaban J connectivity index is 0.000000164. The number of nitrogen functional groups attached to an aromatic ring is 1.